The first-order chi connectivity index (χ1) is 10.3. The quantitative estimate of drug-likeness (QED) is 0.846. The van der Waals surface area contributed by atoms with E-state index in [1.807, 2.05) is 13.0 Å². The first-order valence-corrected chi connectivity index (χ1v) is 8.35. The summed E-state index contributed by atoms with van der Waals surface area (Å²) in [5, 5.41) is 2.05. The predicted molar refractivity (Wildman–Crippen MR) is 84.4 cm³/mol. The fourth-order valence-electron chi connectivity index (χ4n) is 2.96. The standard InChI is InChI=1S/C16H22N2O2S/c1-12-14(17-16(20-12)15-6-4-8-21-15)10-18-7-3-5-13(9-18)11-19-2/h4,6,8,13H,3,5,7,9-11H2,1-2H3/t13-/m1/s1. The maximum absolute atomic E-state index is 5.82. The molecular weight excluding hydrogens is 284 g/mol. The number of piperidine rings is 1. The summed E-state index contributed by atoms with van der Waals surface area (Å²) in [6.45, 7) is 5.97. The summed E-state index contributed by atoms with van der Waals surface area (Å²) >= 11 is 1.66. The molecule has 0 saturated carbocycles. The van der Waals surface area contributed by atoms with E-state index >= 15 is 0 Å². The number of ether oxygens (including phenoxy) is 1. The van der Waals surface area contributed by atoms with Crippen molar-refractivity contribution in [3.8, 4) is 10.8 Å². The average molecular weight is 306 g/mol. The van der Waals surface area contributed by atoms with E-state index in [0.717, 1.165) is 48.5 Å². The molecule has 1 saturated heterocycles. The van der Waals surface area contributed by atoms with Crippen molar-refractivity contribution in [1.82, 2.24) is 9.88 Å². The summed E-state index contributed by atoms with van der Waals surface area (Å²) in [6, 6.07) is 4.08. The van der Waals surface area contributed by atoms with Gasteiger partial charge >= 0.3 is 0 Å². The minimum Gasteiger partial charge on any atom is -0.440 e. The van der Waals surface area contributed by atoms with Crippen molar-refractivity contribution in [2.75, 3.05) is 26.8 Å². The largest absolute Gasteiger partial charge is 0.440 e. The van der Waals surface area contributed by atoms with E-state index < -0.39 is 0 Å². The fraction of sp³-hybridized carbons (Fsp3) is 0.562. The zero-order chi connectivity index (χ0) is 14.7. The maximum atomic E-state index is 5.82. The van der Waals surface area contributed by atoms with Crippen LogP contribution in [-0.2, 0) is 11.3 Å². The lowest BCUT2D eigenvalue weighted by molar-refractivity contribution is 0.0866. The van der Waals surface area contributed by atoms with Gasteiger partial charge in [0.2, 0.25) is 5.89 Å². The summed E-state index contributed by atoms with van der Waals surface area (Å²) < 4.78 is 11.1. The third-order valence-corrected chi connectivity index (χ3v) is 4.86. The van der Waals surface area contributed by atoms with Gasteiger partial charge < -0.3 is 9.15 Å². The van der Waals surface area contributed by atoms with Crippen LogP contribution in [0.25, 0.3) is 10.8 Å². The Labute approximate surface area is 129 Å². The minimum atomic E-state index is 0.646. The molecule has 3 rings (SSSR count). The van der Waals surface area contributed by atoms with Gasteiger partial charge in [-0.15, -0.1) is 11.3 Å². The van der Waals surface area contributed by atoms with E-state index in [4.69, 9.17) is 9.15 Å². The van der Waals surface area contributed by atoms with E-state index in [-0.39, 0.29) is 0 Å². The smallest absolute Gasteiger partial charge is 0.236 e. The molecule has 0 amide bonds. The molecule has 1 fully saturated rings. The highest BCUT2D eigenvalue weighted by molar-refractivity contribution is 7.13. The predicted octanol–water partition coefficient (Wildman–Crippen LogP) is 3.57. The van der Waals surface area contributed by atoms with Gasteiger partial charge in [0.15, 0.2) is 0 Å². The second kappa shape index (κ2) is 6.73. The summed E-state index contributed by atoms with van der Waals surface area (Å²) in [6.07, 6.45) is 2.51. The highest BCUT2D eigenvalue weighted by Gasteiger charge is 2.22. The normalized spacial score (nSPS) is 20.0. The van der Waals surface area contributed by atoms with Crippen LogP contribution in [0.15, 0.2) is 21.9 Å². The minimum absolute atomic E-state index is 0.646. The van der Waals surface area contributed by atoms with Gasteiger partial charge in [-0.25, -0.2) is 4.98 Å². The number of methoxy groups -OCH3 is 1. The van der Waals surface area contributed by atoms with E-state index in [0.29, 0.717) is 5.92 Å². The molecule has 0 spiro atoms. The molecule has 1 atom stereocenters. The Morgan fingerprint density at radius 1 is 1.52 bits per heavy atom. The van der Waals surface area contributed by atoms with Crippen LogP contribution < -0.4 is 0 Å². The third kappa shape index (κ3) is 3.54. The fourth-order valence-corrected chi connectivity index (χ4v) is 3.61. The van der Waals surface area contributed by atoms with Crippen molar-refractivity contribution in [3.63, 3.8) is 0 Å². The van der Waals surface area contributed by atoms with Crippen LogP contribution in [0.2, 0.25) is 0 Å². The van der Waals surface area contributed by atoms with Crippen LogP contribution in [0.5, 0.6) is 0 Å². The number of oxazole rings is 1. The van der Waals surface area contributed by atoms with E-state index in [1.54, 1.807) is 18.4 Å². The topological polar surface area (TPSA) is 38.5 Å². The lowest BCUT2D eigenvalue weighted by atomic mass is 9.99. The molecule has 0 N–H and O–H groups in total. The summed E-state index contributed by atoms with van der Waals surface area (Å²) in [5.41, 5.74) is 1.07. The van der Waals surface area contributed by atoms with Gasteiger partial charge in [-0.2, -0.15) is 0 Å². The molecule has 114 valence electrons. The molecule has 2 aromatic heterocycles. The lowest BCUT2D eigenvalue weighted by Crippen LogP contribution is -2.36. The van der Waals surface area contributed by atoms with Gasteiger partial charge in [0.05, 0.1) is 17.2 Å². The molecule has 5 heteroatoms. The first-order valence-electron chi connectivity index (χ1n) is 7.47. The molecule has 3 heterocycles. The van der Waals surface area contributed by atoms with Gasteiger partial charge in [0.1, 0.15) is 5.76 Å². The van der Waals surface area contributed by atoms with Crippen molar-refractivity contribution in [1.29, 1.82) is 0 Å². The van der Waals surface area contributed by atoms with E-state index in [9.17, 15) is 0 Å². The first kappa shape index (κ1) is 14.8. The SMILES string of the molecule is COC[C@@H]1CCCN(Cc2nc(-c3cccs3)oc2C)C1. The molecule has 0 aliphatic carbocycles. The van der Waals surface area contributed by atoms with E-state index in [2.05, 4.69) is 21.3 Å². The lowest BCUT2D eigenvalue weighted by Gasteiger charge is -2.31. The molecule has 1 aliphatic rings. The van der Waals surface area contributed by atoms with Gasteiger partial charge in [-0.05, 0) is 43.7 Å². The Morgan fingerprint density at radius 3 is 3.19 bits per heavy atom. The highest BCUT2D eigenvalue weighted by atomic mass is 32.1. The Bertz CT molecular complexity index is 563. The van der Waals surface area contributed by atoms with Crippen molar-refractivity contribution < 1.29 is 9.15 Å². The zero-order valence-corrected chi connectivity index (χ0v) is 13.5. The van der Waals surface area contributed by atoms with Gasteiger partial charge in [0.25, 0.3) is 0 Å². The van der Waals surface area contributed by atoms with Crippen LogP contribution in [0, 0.1) is 12.8 Å². The molecular formula is C16H22N2O2S. The molecule has 0 unspecified atom stereocenters. The number of nitrogens with zero attached hydrogens (tertiary/aromatic N) is 2. The average Bonchev–Trinajstić information content (AvgIpc) is 3.10. The Kier molecular flexibility index (Phi) is 4.73. The summed E-state index contributed by atoms with van der Waals surface area (Å²) in [7, 11) is 1.79. The number of hydrogen-bond acceptors (Lipinski definition) is 5. The molecule has 2 aromatic rings. The van der Waals surface area contributed by atoms with Gasteiger partial charge in [-0.3, -0.25) is 4.90 Å². The molecule has 0 aromatic carbocycles. The molecule has 4 nitrogen and oxygen atoms in total. The second-order valence-corrected chi connectivity index (χ2v) is 6.65. The Hall–Kier alpha value is -1.17. The Balaban J connectivity index is 1.67. The summed E-state index contributed by atoms with van der Waals surface area (Å²) in [5.74, 6) is 2.34. The van der Waals surface area contributed by atoms with Crippen LogP contribution in [0.4, 0.5) is 0 Å². The second-order valence-electron chi connectivity index (χ2n) is 5.70. The number of thiophene rings is 1. The van der Waals surface area contributed by atoms with Crippen LogP contribution in [0.3, 0.4) is 0 Å². The van der Waals surface area contributed by atoms with Crippen LogP contribution in [0.1, 0.15) is 24.3 Å². The molecule has 1 aliphatic heterocycles. The Morgan fingerprint density at radius 2 is 2.43 bits per heavy atom. The van der Waals surface area contributed by atoms with Crippen molar-refractivity contribution in [3.05, 3.63) is 29.0 Å². The van der Waals surface area contributed by atoms with E-state index in [1.165, 1.54) is 12.8 Å². The number of rotatable bonds is 5. The maximum Gasteiger partial charge on any atom is 0.236 e. The third-order valence-electron chi connectivity index (χ3n) is 4.00. The number of likely N-dealkylation sites (tertiary alicyclic amines) is 1. The molecule has 0 bridgehead atoms. The van der Waals surface area contributed by atoms with Crippen molar-refractivity contribution in [2.45, 2.75) is 26.3 Å². The zero-order valence-electron chi connectivity index (χ0n) is 12.7. The highest BCUT2D eigenvalue weighted by Crippen LogP contribution is 2.27. The van der Waals surface area contributed by atoms with Crippen LogP contribution >= 0.6 is 11.3 Å². The number of aryl methyl sites for hydroxylation is 1. The number of aromatic nitrogens is 1. The van der Waals surface area contributed by atoms with Crippen LogP contribution in [-0.4, -0.2) is 36.7 Å². The summed E-state index contributed by atoms with van der Waals surface area (Å²) in [4.78, 5) is 8.25. The van der Waals surface area contributed by atoms with Gasteiger partial charge in [-0.1, -0.05) is 6.07 Å². The monoisotopic (exact) mass is 306 g/mol. The molecule has 0 radical (unpaired) electrons. The number of hydrogen-bond donors (Lipinski definition) is 0. The molecule has 21 heavy (non-hydrogen) atoms. The van der Waals surface area contributed by atoms with Crippen molar-refractivity contribution >= 4 is 11.3 Å². The van der Waals surface area contributed by atoms with Crippen molar-refractivity contribution in [2.24, 2.45) is 5.92 Å². The van der Waals surface area contributed by atoms with Gasteiger partial charge in [0, 0.05) is 20.2 Å².